The molecule has 0 radical (unpaired) electrons. The highest BCUT2D eigenvalue weighted by Crippen LogP contribution is 2.27. The second-order valence-electron chi connectivity index (χ2n) is 8.13. The number of anilines is 1. The second-order valence-corrected chi connectivity index (χ2v) is 8.13. The molecule has 26 heavy (non-hydrogen) atoms. The lowest BCUT2D eigenvalue weighted by Gasteiger charge is -2.31. The Hall–Kier alpha value is -1.69. The van der Waals surface area contributed by atoms with Gasteiger partial charge >= 0.3 is 0 Å². The Labute approximate surface area is 155 Å². The van der Waals surface area contributed by atoms with E-state index in [-0.39, 0.29) is 17.9 Å². The Morgan fingerprint density at radius 3 is 2.92 bits per heavy atom. The average molecular weight is 358 g/mol. The molecule has 2 atom stereocenters. The van der Waals surface area contributed by atoms with Crippen LogP contribution >= 0.6 is 0 Å². The number of nitrogens with one attached hydrogen (secondary N) is 1. The van der Waals surface area contributed by atoms with Crippen molar-refractivity contribution in [2.24, 2.45) is 11.8 Å². The van der Waals surface area contributed by atoms with Gasteiger partial charge < -0.3 is 15.0 Å². The number of carbonyl (C=O) groups excluding carboxylic acids is 1. The first-order chi connectivity index (χ1) is 12.7. The van der Waals surface area contributed by atoms with Crippen molar-refractivity contribution in [3.63, 3.8) is 0 Å². The maximum atomic E-state index is 12.5. The van der Waals surface area contributed by atoms with Crippen LogP contribution < -0.4 is 10.2 Å². The van der Waals surface area contributed by atoms with Gasteiger partial charge in [0.25, 0.3) is 0 Å². The van der Waals surface area contributed by atoms with Crippen LogP contribution in [0.4, 0.5) is 5.95 Å². The van der Waals surface area contributed by atoms with Crippen LogP contribution in [0.1, 0.15) is 50.3 Å². The molecule has 0 aromatic carbocycles. The van der Waals surface area contributed by atoms with E-state index in [4.69, 9.17) is 9.72 Å². The molecule has 0 spiro atoms. The van der Waals surface area contributed by atoms with Crippen molar-refractivity contribution < 1.29 is 9.53 Å². The third-order valence-corrected chi connectivity index (χ3v) is 6.10. The number of fused-ring (bicyclic) bond motifs is 1. The minimum absolute atomic E-state index is 0.0363. The fourth-order valence-electron chi connectivity index (χ4n) is 4.25. The van der Waals surface area contributed by atoms with Gasteiger partial charge in [-0.2, -0.15) is 0 Å². The maximum Gasteiger partial charge on any atom is 0.225 e. The normalized spacial score (nSPS) is 26.6. The van der Waals surface area contributed by atoms with Gasteiger partial charge in [-0.1, -0.05) is 6.92 Å². The van der Waals surface area contributed by atoms with Gasteiger partial charge in [0.15, 0.2) is 0 Å². The zero-order valence-corrected chi connectivity index (χ0v) is 15.7. The molecule has 1 aromatic heterocycles. The molecular weight excluding hydrogens is 328 g/mol. The number of hydrogen-bond acceptors (Lipinski definition) is 5. The molecule has 6 heteroatoms. The molecule has 142 valence electrons. The number of nitrogens with zero attached hydrogens (tertiary/aromatic N) is 3. The minimum atomic E-state index is 0.0363. The number of carbonyl (C=O) groups is 1. The Balaban J connectivity index is 1.34. The molecular formula is C20H30N4O2. The first-order valence-corrected chi connectivity index (χ1v) is 10.2. The molecule has 2 aliphatic heterocycles. The van der Waals surface area contributed by atoms with E-state index >= 15 is 0 Å². The molecule has 4 rings (SSSR count). The summed E-state index contributed by atoms with van der Waals surface area (Å²) in [6.45, 7) is 5.88. The van der Waals surface area contributed by atoms with E-state index in [0.29, 0.717) is 6.54 Å². The smallest absolute Gasteiger partial charge is 0.225 e. The molecule has 0 saturated carbocycles. The Morgan fingerprint density at radius 2 is 2.15 bits per heavy atom. The van der Waals surface area contributed by atoms with Crippen LogP contribution in [0.15, 0.2) is 6.20 Å². The van der Waals surface area contributed by atoms with Crippen molar-refractivity contribution in [2.45, 2.75) is 58.0 Å². The monoisotopic (exact) mass is 358 g/mol. The summed E-state index contributed by atoms with van der Waals surface area (Å²) >= 11 is 0. The fraction of sp³-hybridized carbons (Fsp3) is 0.750. The number of amides is 1. The van der Waals surface area contributed by atoms with E-state index in [9.17, 15) is 4.79 Å². The topological polar surface area (TPSA) is 67.4 Å². The molecule has 6 nitrogen and oxygen atoms in total. The van der Waals surface area contributed by atoms with E-state index in [1.54, 1.807) is 0 Å². The molecule has 3 aliphatic rings. The zero-order chi connectivity index (χ0) is 17.9. The van der Waals surface area contributed by atoms with Crippen molar-refractivity contribution in [1.29, 1.82) is 0 Å². The lowest BCUT2D eigenvalue weighted by Crippen LogP contribution is -2.38. The van der Waals surface area contributed by atoms with E-state index < -0.39 is 0 Å². The second kappa shape index (κ2) is 7.91. The van der Waals surface area contributed by atoms with Gasteiger partial charge in [0.05, 0.1) is 6.10 Å². The predicted molar refractivity (Wildman–Crippen MR) is 100 cm³/mol. The SMILES string of the molecule is CC1CCN(c2ncc3c(n2)CC[C@H](C(=O)NC[C@H]2CCCO2)C3)CC1. The van der Waals surface area contributed by atoms with E-state index in [1.807, 2.05) is 6.20 Å². The molecule has 0 unspecified atom stereocenters. The van der Waals surface area contributed by atoms with Gasteiger partial charge in [-0.3, -0.25) is 4.79 Å². The average Bonchev–Trinajstić information content (AvgIpc) is 3.19. The number of piperidine rings is 1. The highest BCUT2D eigenvalue weighted by atomic mass is 16.5. The molecule has 2 saturated heterocycles. The highest BCUT2D eigenvalue weighted by Gasteiger charge is 2.28. The molecule has 1 N–H and O–H groups in total. The third-order valence-electron chi connectivity index (χ3n) is 6.10. The van der Waals surface area contributed by atoms with Crippen LogP contribution in [0.2, 0.25) is 0 Å². The van der Waals surface area contributed by atoms with Gasteiger partial charge in [0.1, 0.15) is 0 Å². The van der Waals surface area contributed by atoms with E-state index in [2.05, 4.69) is 22.1 Å². The summed E-state index contributed by atoms with van der Waals surface area (Å²) in [6.07, 6.45) is 9.24. The molecule has 3 heterocycles. The first-order valence-electron chi connectivity index (χ1n) is 10.2. The van der Waals surface area contributed by atoms with E-state index in [0.717, 1.165) is 74.9 Å². The van der Waals surface area contributed by atoms with Crippen molar-refractivity contribution >= 4 is 11.9 Å². The van der Waals surface area contributed by atoms with Crippen molar-refractivity contribution in [3.8, 4) is 0 Å². The lowest BCUT2D eigenvalue weighted by atomic mass is 9.86. The third kappa shape index (κ3) is 4.00. The van der Waals surface area contributed by atoms with Crippen LogP contribution in [0.25, 0.3) is 0 Å². The van der Waals surface area contributed by atoms with Crippen LogP contribution in [0.5, 0.6) is 0 Å². The summed E-state index contributed by atoms with van der Waals surface area (Å²) in [4.78, 5) is 24.2. The van der Waals surface area contributed by atoms with Crippen molar-refractivity contribution in [1.82, 2.24) is 15.3 Å². The van der Waals surface area contributed by atoms with Crippen LogP contribution in [-0.2, 0) is 22.4 Å². The van der Waals surface area contributed by atoms with Gasteiger partial charge in [0.2, 0.25) is 11.9 Å². The fourth-order valence-corrected chi connectivity index (χ4v) is 4.25. The highest BCUT2D eigenvalue weighted by molar-refractivity contribution is 5.79. The Kier molecular flexibility index (Phi) is 5.38. The summed E-state index contributed by atoms with van der Waals surface area (Å²) in [5, 5.41) is 3.08. The number of hydrogen-bond donors (Lipinski definition) is 1. The van der Waals surface area contributed by atoms with Crippen LogP contribution in [0, 0.1) is 11.8 Å². The summed E-state index contributed by atoms with van der Waals surface area (Å²) in [5.41, 5.74) is 2.28. The lowest BCUT2D eigenvalue weighted by molar-refractivity contribution is -0.125. The molecule has 1 aromatic rings. The quantitative estimate of drug-likeness (QED) is 0.893. The molecule has 1 aliphatic carbocycles. The zero-order valence-electron chi connectivity index (χ0n) is 15.7. The minimum Gasteiger partial charge on any atom is -0.376 e. The number of aromatic nitrogens is 2. The first kappa shape index (κ1) is 17.7. The van der Waals surface area contributed by atoms with Gasteiger partial charge in [-0.15, -0.1) is 0 Å². The predicted octanol–water partition coefficient (Wildman–Crippen LogP) is 2.11. The summed E-state index contributed by atoms with van der Waals surface area (Å²) in [7, 11) is 0. The van der Waals surface area contributed by atoms with Crippen molar-refractivity contribution in [3.05, 3.63) is 17.5 Å². The molecule has 2 fully saturated rings. The summed E-state index contributed by atoms with van der Waals surface area (Å²) < 4.78 is 5.58. The van der Waals surface area contributed by atoms with Crippen LogP contribution in [0.3, 0.4) is 0 Å². The van der Waals surface area contributed by atoms with Gasteiger partial charge in [-0.25, -0.2) is 9.97 Å². The molecule has 1 amide bonds. The van der Waals surface area contributed by atoms with Gasteiger partial charge in [0, 0.05) is 44.0 Å². The largest absolute Gasteiger partial charge is 0.376 e. The number of aryl methyl sites for hydroxylation is 1. The standard InChI is InChI=1S/C20H30N4O2/c1-14-6-8-24(9-7-14)20-22-12-16-11-15(4-5-18(16)23-20)19(25)21-13-17-3-2-10-26-17/h12,14-15,17H,2-11,13H2,1H3,(H,21,25)/t15-,17+/m0/s1. The Morgan fingerprint density at radius 1 is 1.31 bits per heavy atom. The van der Waals surface area contributed by atoms with Crippen LogP contribution in [-0.4, -0.2) is 48.2 Å². The van der Waals surface area contributed by atoms with E-state index in [1.165, 1.54) is 12.8 Å². The summed E-state index contributed by atoms with van der Waals surface area (Å²) in [6, 6.07) is 0. The molecule has 0 bridgehead atoms. The number of rotatable bonds is 4. The number of ether oxygens (including phenoxy) is 1. The van der Waals surface area contributed by atoms with Gasteiger partial charge in [-0.05, 0) is 56.4 Å². The Bertz CT molecular complexity index is 637. The summed E-state index contributed by atoms with van der Waals surface area (Å²) in [5.74, 6) is 1.86. The maximum absolute atomic E-state index is 12.5. The van der Waals surface area contributed by atoms with Crippen molar-refractivity contribution in [2.75, 3.05) is 31.1 Å².